The summed E-state index contributed by atoms with van der Waals surface area (Å²) in [6.45, 7) is 4.24. The van der Waals surface area contributed by atoms with Gasteiger partial charge in [0, 0.05) is 18.7 Å². The second-order valence-electron chi connectivity index (χ2n) is 3.71. The first kappa shape index (κ1) is 14.5. The molecule has 2 nitrogen and oxygen atoms in total. The molecule has 1 rings (SSSR count). The average Bonchev–Trinajstić information content (AvgIpc) is 2.28. The van der Waals surface area contributed by atoms with Crippen LogP contribution in [0.25, 0.3) is 0 Å². The lowest BCUT2D eigenvalue weighted by Gasteiger charge is -2.24. The minimum atomic E-state index is -4.59. The SMILES string of the molecule is CCN(CC)C(=N)c1cc(F)ccc1C(F)(F)F. The molecule has 0 saturated heterocycles. The topological polar surface area (TPSA) is 27.1 Å². The van der Waals surface area contributed by atoms with Crippen LogP contribution < -0.4 is 0 Å². The Hall–Kier alpha value is -1.59. The van der Waals surface area contributed by atoms with E-state index in [4.69, 9.17) is 5.41 Å². The van der Waals surface area contributed by atoms with Gasteiger partial charge in [-0.25, -0.2) is 4.39 Å². The zero-order valence-corrected chi connectivity index (χ0v) is 10.1. The first-order chi connectivity index (χ1) is 8.31. The van der Waals surface area contributed by atoms with E-state index < -0.39 is 23.1 Å². The lowest BCUT2D eigenvalue weighted by Crippen LogP contribution is -2.32. The Bertz CT molecular complexity index is 436. The average molecular weight is 262 g/mol. The van der Waals surface area contributed by atoms with Crippen molar-refractivity contribution in [1.82, 2.24) is 4.90 Å². The van der Waals surface area contributed by atoms with Crippen molar-refractivity contribution < 1.29 is 17.6 Å². The number of hydrogen-bond donors (Lipinski definition) is 1. The predicted octanol–water partition coefficient (Wildman–Crippen LogP) is 3.51. The molecule has 1 aromatic carbocycles. The molecule has 0 atom stereocenters. The zero-order chi connectivity index (χ0) is 13.9. The molecule has 0 heterocycles. The summed E-state index contributed by atoms with van der Waals surface area (Å²) in [6.07, 6.45) is -4.59. The molecule has 0 saturated carbocycles. The maximum Gasteiger partial charge on any atom is 0.417 e. The molecule has 0 aliphatic heterocycles. The van der Waals surface area contributed by atoms with Crippen LogP contribution in [0.4, 0.5) is 17.6 Å². The van der Waals surface area contributed by atoms with Gasteiger partial charge in [0.05, 0.1) is 5.56 Å². The van der Waals surface area contributed by atoms with Crippen molar-refractivity contribution in [1.29, 1.82) is 5.41 Å². The van der Waals surface area contributed by atoms with Crippen LogP contribution in [0.2, 0.25) is 0 Å². The van der Waals surface area contributed by atoms with Crippen LogP contribution in [-0.4, -0.2) is 23.8 Å². The van der Waals surface area contributed by atoms with E-state index >= 15 is 0 Å². The van der Waals surface area contributed by atoms with Gasteiger partial charge in [-0.05, 0) is 32.0 Å². The summed E-state index contributed by atoms with van der Waals surface area (Å²) in [7, 11) is 0. The zero-order valence-electron chi connectivity index (χ0n) is 10.1. The third-order valence-corrected chi connectivity index (χ3v) is 2.62. The minimum Gasteiger partial charge on any atom is -0.357 e. The second-order valence-corrected chi connectivity index (χ2v) is 3.71. The summed E-state index contributed by atoms with van der Waals surface area (Å²) in [5, 5.41) is 7.76. The van der Waals surface area contributed by atoms with Gasteiger partial charge in [-0.1, -0.05) is 0 Å². The summed E-state index contributed by atoms with van der Waals surface area (Å²) >= 11 is 0. The molecule has 0 radical (unpaired) electrons. The summed E-state index contributed by atoms with van der Waals surface area (Å²) in [5.74, 6) is -1.10. The number of amidine groups is 1. The molecule has 1 N–H and O–H groups in total. The minimum absolute atomic E-state index is 0.313. The molecule has 0 spiro atoms. The molecule has 0 unspecified atom stereocenters. The van der Waals surface area contributed by atoms with E-state index in [2.05, 4.69) is 0 Å². The molecular weight excluding hydrogens is 248 g/mol. The number of halogens is 4. The highest BCUT2D eigenvalue weighted by Crippen LogP contribution is 2.32. The fourth-order valence-electron chi connectivity index (χ4n) is 1.67. The van der Waals surface area contributed by atoms with Gasteiger partial charge < -0.3 is 4.90 Å². The predicted molar refractivity (Wildman–Crippen MR) is 61.2 cm³/mol. The Kier molecular flexibility index (Phi) is 4.32. The second kappa shape index (κ2) is 5.37. The van der Waals surface area contributed by atoms with E-state index in [0.29, 0.717) is 19.2 Å². The Balaban J connectivity index is 3.29. The van der Waals surface area contributed by atoms with Crippen molar-refractivity contribution in [2.45, 2.75) is 20.0 Å². The van der Waals surface area contributed by atoms with E-state index in [1.165, 1.54) is 4.90 Å². The number of nitrogens with zero attached hydrogens (tertiary/aromatic N) is 1. The summed E-state index contributed by atoms with van der Waals surface area (Å²) < 4.78 is 51.4. The molecule has 18 heavy (non-hydrogen) atoms. The largest absolute Gasteiger partial charge is 0.417 e. The quantitative estimate of drug-likeness (QED) is 0.503. The summed E-state index contributed by atoms with van der Waals surface area (Å²) in [4.78, 5) is 1.43. The van der Waals surface area contributed by atoms with Gasteiger partial charge in [-0.3, -0.25) is 5.41 Å². The number of alkyl halides is 3. The molecule has 1 aromatic rings. The monoisotopic (exact) mass is 262 g/mol. The normalized spacial score (nSPS) is 11.4. The van der Waals surface area contributed by atoms with Gasteiger partial charge in [-0.2, -0.15) is 13.2 Å². The van der Waals surface area contributed by atoms with E-state index in [-0.39, 0.29) is 5.84 Å². The van der Waals surface area contributed by atoms with Gasteiger partial charge in [0.25, 0.3) is 0 Å². The molecule has 6 heteroatoms. The van der Waals surface area contributed by atoms with Crippen LogP contribution in [0.15, 0.2) is 18.2 Å². The van der Waals surface area contributed by atoms with Gasteiger partial charge >= 0.3 is 6.18 Å². The molecule has 0 bridgehead atoms. The van der Waals surface area contributed by atoms with Crippen molar-refractivity contribution in [2.24, 2.45) is 0 Å². The van der Waals surface area contributed by atoms with Crippen LogP contribution in [0.3, 0.4) is 0 Å². The maximum absolute atomic E-state index is 13.1. The third-order valence-electron chi connectivity index (χ3n) is 2.62. The Labute approximate surface area is 103 Å². The molecule has 0 amide bonds. The first-order valence-corrected chi connectivity index (χ1v) is 5.51. The maximum atomic E-state index is 13.1. The fraction of sp³-hybridized carbons (Fsp3) is 0.417. The van der Waals surface area contributed by atoms with Crippen LogP contribution >= 0.6 is 0 Å². The third kappa shape index (κ3) is 3.00. The van der Waals surface area contributed by atoms with Gasteiger partial charge in [-0.15, -0.1) is 0 Å². The van der Waals surface area contributed by atoms with Gasteiger partial charge in [0.2, 0.25) is 0 Å². The van der Waals surface area contributed by atoms with E-state index in [0.717, 1.165) is 12.1 Å². The van der Waals surface area contributed by atoms with Crippen molar-refractivity contribution in [3.63, 3.8) is 0 Å². The first-order valence-electron chi connectivity index (χ1n) is 5.51. The summed E-state index contributed by atoms with van der Waals surface area (Å²) in [5.41, 5.74) is -1.41. The van der Waals surface area contributed by atoms with Crippen molar-refractivity contribution >= 4 is 5.84 Å². The Morgan fingerprint density at radius 1 is 1.22 bits per heavy atom. The fourth-order valence-corrected chi connectivity index (χ4v) is 1.67. The standard InChI is InChI=1S/C12H14F4N2/c1-3-18(4-2)11(17)9-7-8(13)5-6-10(9)12(14,15)16/h5-7,17H,3-4H2,1-2H3. The lowest BCUT2D eigenvalue weighted by molar-refractivity contribution is -0.137. The number of nitrogens with one attached hydrogen (secondary N) is 1. The van der Waals surface area contributed by atoms with Crippen molar-refractivity contribution in [3.8, 4) is 0 Å². The van der Waals surface area contributed by atoms with E-state index in [1.54, 1.807) is 13.8 Å². The smallest absolute Gasteiger partial charge is 0.357 e. The van der Waals surface area contributed by atoms with E-state index in [9.17, 15) is 17.6 Å². The summed E-state index contributed by atoms with van der Waals surface area (Å²) in [6, 6.07) is 2.17. The van der Waals surface area contributed by atoms with Crippen LogP contribution in [0.1, 0.15) is 25.0 Å². The molecule has 0 aliphatic rings. The Morgan fingerprint density at radius 2 is 1.78 bits per heavy atom. The molecule has 0 aliphatic carbocycles. The highest BCUT2D eigenvalue weighted by atomic mass is 19.4. The van der Waals surface area contributed by atoms with Crippen molar-refractivity contribution in [2.75, 3.05) is 13.1 Å². The molecule has 0 aromatic heterocycles. The van der Waals surface area contributed by atoms with E-state index in [1.807, 2.05) is 0 Å². The molecular formula is C12H14F4N2. The highest BCUT2D eigenvalue weighted by Gasteiger charge is 2.35. The lowest BCUT2D eigenvalue weighted by atomic mass is 10.0. The van der Waals surface area contributed by atoms with Gasteiger partial charge in [0.1, 0.15) is 11.7 Å². The number of hydrogen-bond acceptors (Lipinski definition) is 1. The van der Waals surface area contributed by atoms with Crippen LogP contribution in [0.5, 0.6) is 0 Å². The molecule has 100 valence electrons. The van der Waals surface area contributed by atoms with Gasteiger partial charge in [0.15, 0.2) is 0 Å². The van der Waals surface area contributed by atoms with Crippen LogP contribution in [0, 0.1) is 11.2 Å². The van der Waals surface area contributed by atoms with Crippen molar-refractivity contribution in [3.05, 3.63) is 35.1 Å². The van der Waals surface area contributed by atoms with Crippen LogP contribution in [-0.2, 0) is 6.18 Å². The number of benzene rings is 1. The number of rotatable bonds is 3. The Morgan fingerprint density at radius 3 is 2.22 bits per heavy atom. The molecule has 0 fully saturated rings. The highest BCUT2D eigenvalue weighted by molar-refractivity contribution is 5.97.